The third-order valence-corrected chi connectivity index (χ3v) is 3.91. The van der Waals surface area contributed by atoms with Crippen molar-refractivity contribution in [2.75, 3.05) is 13.1 Å². The first-order valence-electron chi connectivity index (χ1n) is 6.99. The number of rotatable bonds is 4. The van der Waals surface area contributed by atoms with Crippen LogP contribution in [0.2, 0.25) is 0 Å². The van der Waals surface area contributed by atoms with E-state index in [0.29, 0.717) is 12.0 Å². The second-order valence-electron chi connectivity index (χ2n) is 5.70. The van der Waals surface area contributed by atoms with Crippen LogP contribution < -0.4 is 0 Å². The Morgan fingerprint density at radius 1 is 1.12 bits per heavy atom. The topological polar surface area (TPSA) is 3.24 Å². The van der Waals surface area contributed by atoms with E-state index in [9.17, 15) is 0 Å². The number of nitrogens with zero attached hydrogens (tertiary/aromatic N) is 1. The molecule has 0 aromatic heterocycles. The van der Waals surface area contributed by atoms with E-state index in [2.05, 4.69) is 49.9 Å². The predicted molar refractivity (Wildman–Crippen MR) is 74.5 cm³/mol. The molecule has 0 amide bonds. The molecule has 0 aliphatic carbocycles. The first-order valence-corrected chi connectivity index (χ1v) is 6.99. The molecule has 94 valence electrons. The molecule has 1 aromatic rings. The highest BCUT2D eigenvalue weighted by atomic mass is 15.2. The van der Waals surface area contributed by atoms with Gasteiger partial charge in [0, 0.05) is 6.04 Å². The van der Waals surface area contributed by atoms with Crippen LogP contribution in [0.4, 0.5) is 0 Å². The highest BCUT2D eigenvalue weighted by Gasteiger charge is 2.18. The molecule has 2 rings (SSSR count). The van der Waals surface area contributed by atoms with Gasteiger partial charge < -0.3 is 4.90 Å². The van der Waals surface area contributed by atoms with Gasteiger partial charge in [-0.25, -0.2) is 0 Å². The van der Waals surface area contributed by atoms with Crippen LogP contribution in [0.5, 0.6) is 0 Å². The molecule has 1 atom stereocenters. The summed E-state index contributed by atoms with van der Waals surface area (Å²) in [5, 5.41) is 0. The van der Waals surface area contributed by atoms with Crippen molar-refractivity contribution in [3.63, 3.8) is 0 Å². The summed E-state index contributed by atoms with van der Waals surface area (Å²) in [7, 11) is 0. The number of hydrogen-bond acceptors (Lipinski definition) is 1. The summed E-state index contributed by atoms with van der Waals surface area (Å²) in [6, 6.07) is 9.81. The van der Waals surface area contributed by atoms with E-state index < -0.39 is 0 Å². The molecule has 0 radical (unpaired) electrons. The van der Waals surface area contributed by atoms with E-state index in [0.717, 1.165) is 0 Å². The van der Waals surface area contributed by atoms with Crippen LogP contribution in [0.25, 0.3) is 0 Å². The molecular weight excluding hydrogens is 206 g/mol. The SMILES string of the molecule is CC(C)c1cccc(CC(C)N2CCCC2)c1. The molecule has 1 heterocycles. The van der Waals surface area contributed by atoms with Crippen molar-refractivity contribution < 1.29 is 0 Å². The Hall–Kier alpha value is -0.820. The van der Waals surface area contributed by atoms with E-state index in [4.69, 9.17) is 0 Å². The number of likely N-dealkylation sites (tertiary alicyclic amines) is 1. The molecule has 17 heavy (non-hydrogen) atoms. The summed E-state index contributed by atoms with van der Waals surface area (Å²) in [5.41, 5.74) is 2.96. The monoisotopic (exact) mass is 231 g/mol. The quantitative estimate of drug-likeness (QED) is 0.761. The first kappa shape index (κ1) is 12.6. The molecule has 1 unspecified atom stereocenters. The molecule has 1 saturated heterocycles. The van der Waals surface area contributed by atoms with Gasteiger partial charge in [-0.1, -0.05) is 38.1 Å². The Kier molecular flexibility index (Phi) is 4.22. The predicted octanol–water partition coefficient (Wildman–Crippen LogP) is 3.84. The lowest BCUT2D eigenvalue weighted by molar-refractivity contribution is 0.257. The van der Waals surface area contributed by atoms with Crippen LogP contribution in [-0.4, -0.2) is 24.0 Å². The van der Waals surface area contributed by atoms with E-state index in [-0.39, 0.29) is 0 Å². The van der Waals surface area contributed by atoms with Crippen molar-refractivity contribution >= 4 is 0 Å². The lowest BCUT2D eigenvalue weighted by Gasteiger charge is -2.24. The van der Waals surface area contributed by atoms with Crippen LogP contribution in [0, 0.1) is 0 Å². The van der Waals surface area contributed by atoms with Gasteiger partial charge in [-0.05, 0) is 56.3 Å². The largest absolute Gasteiger partial charge is 0.300 e. The van der Waals surface area contributed by atoms with Crippen LogP contribution >= 0.6 is 0 Å². The highest BCUT2D eigenvalue weighted by Crippen LogP contribution is 2.19. The summed E-state index contributed by atoms with van der Waals surface area (Å²) in [6.07, 6.45) is 3.97. The minimum atomic E-state index is 0.636. The maximum Gasteiger partial charge on any atom is 0.0107 e. The average Bonchev–Trinajstić information content (AvgIpc) is 2.82. The van der Waals surface area contributed by atoms with Gasteiger partial charge in [-0.2, -0.15) is 0 Å². The van der Waals surface area contributed by atoms with E-state index in [1.54, 1.807) is 0 Å². The molecule has 1 aliphatic heterocycles. The van der Waals surface area contributed by atoms with E-state index >= 15 is 0 Å². The Bertz CT molecular complexity index is 350. The standard InChI is InChI=1S/C16H25N/c1-13(2)16-8-6-7-15(12-16)11-14(3)17-9-4-5-10-17/h6-8,12-14H,4-5,9-11H2,1-3H3. The fourth-order valence-corrected chi connectivity index (χ4v) is 2.73. The Balaban J connectivity index is 1.99. The normalized spacial score (nSPS) is 18.8. The molecule has 0 saturated carbocycles. The van der Waals surface area contributed by atoms with Crippen molar-refractivity contribution in [1.29, 1.82) is 0 Å². The van der Waals surface area contributed by atoms with Crippen molar-refractivity contribution in [2.45, 2.75) is 52.0 Å². The number of benzene rings is 1. The van der Waals surface area contributed by atoms with Gasteiger partial charge in [0.2, 0.25) is 0 Å². The van der Waals surface area contributed by atoms with Crippen LogP contribution in [0.1, 0.15) is 50.7 Å². The molecule has 1 aliphatic rings. The summed E-state index contributed by atoms with van der Waals surface area (Å²) < 4.78 is 0. The van der Waals surface area contributed by atoms with Gasteiger partial charge in [0.05, 0.1) is 0 Å². The third kappa shape index (κ3) is 3.32. The second kappa shape index (κ2) is 5.68. The summed E-state index contributed by atoms with van der Waals surface area (Å²) in [6.45, 7) is 9.50. The van der Waals surface area contributed by atoms with Gasteiger partial charge in [0.15, 0.2) is 0 Å². The van der Waals surface area contributed by atoms with Gasteiger partial charge >= 0.3 is 0 Å². The third-order valence-electron chi connectivity index (χ3n) is 3.91. The lowest BCUT2D eigenvalue weighted by Crippen LogP contribution is -2.31. The molecule has 1 aromatic carbocycles. The fourth-order valence-electron chi connectivity index (χ4n) is 2.73. The van der Waals surface area contributed by atoms with Gasteiger partial charge in [-0.15, -0.1) is 0 Å². The fraction of sp³-hybridized carbons (Fsp3) is 0.625. The highest BCUT2D eigenvalue weighted by molar-refractivity contribution is 5.26. The average molecular weight is 231 g/mol. The van der Waals surface area contributed by atoms with Crippen LogP contribution in [0.15, 0.2) is 24.3 Å². The zero-order chi connectivity index (χ0) is 12.3. The smallest absolute Gasteiger partial charge is 0.0107 e. The van der Waals surface area contributed by atoms with Crippen molar-refractivity contribution in [3.8, 4) is 0 Å². The Morgan fingerprint density at radius 2 is 1.82 bits per heavy atom. The van der Waals surface area contributed by atoms with Gasteiger partial charge in [0.25, 0.3) is 0 Å². The maximum absolute atomic E-state index is 2.63. The zero-order valence-electron chi connectivity index (χ0n) is 11.4. The second-order valence-corrected chi connectivity index (χ2v) is 5.70. The molecule has 1 nitrogen and oxygen atoms in total. The first-order chi connectivity index (χ1) is 8.16. The van der Waals surface area contributed by atoms with Gasteiger partial charge in [-0.3, -0.25) is 0 Å². The summed E-state index contributed by atoms with van der Waals surface area (Å²) in [4.78, 5) is 2.63. The Labute approximate surface area is 106 Å². The van der Waals surface area contributed by atoms with Crippen molar-refractivity contribution in [1.82, 2.24) is 4.90 Å². The number of hydrogen-bond donors (Lipinski definition) is 0. The molecule has 0 bridgehead atoms. The lowest BCUT2D eigenvalue weighted by atomic mass is 9.98. The van der Waals surface area contributed by atoms with Crippen LogP contribution in [0.3, 0.4) is 0 Å². The van der Waals surface area contributed by atoms with E-state index in [1.165, 1.54) is 43.5 Å². The van der Waals surface area contributed by atoms with Crippen LogP contribution in [-0.2, 0) is 6.42 Å². The molecule has 0 N–H and O–H groups in total. The van der Waals surface area contributed by atoms with Crippen molar-refractivity contribution in [3.05, 3.63) is 35.4 Å². The Morgan fingerprint density at radius 3 is 2.47 bits per heavy atom. The molecular formula is C16H25N. The summed E-state index contributed by atoms with van der Waals surface area (Å²) >= 11 is 0. The molecule has 0 spiro atoms. The minimum Gasteiger partial charge on any atom is -0.300 e. The molecule has 1 heteroatoms. The summed E-state index contributed by atoms with van der Waals surface area (Å²) in [5.74, 6) is 0.636. The zero-order valence-corrected chi connectivity index (χ0v) is 11.4. The van der Waals surface area contributed by atoms with Gasteiger partial charge in [0.1, 0.15) is 0 Å². The molecule has 1 fully saturated rings. The minimum absolute atomic E-state index is 0.636. The maximum atomic E-state index is 2.63. The van der Waals surface area contributed by atoms with Crippen molar-refractivity contribution in [2.24, 2.45) is 0 Å². The van der Waals surface area contributed by atoms with E-state index in [1.807, 2.05) is 0 Å².